The largest absolute Gasteiger partial charge is 0.486 e. The molecule has 0 aliphatic carbocycles. The highest BCUT2D eigenvalue weighted by molar-refractivity contribution is 6.35. The lowest BCUT2D eigenvalue weighted by Gasteiger charge is -2.56. The summed E-state index contributed by atoms with van der Waals surface area (Å²) in [6, 6.07) is 8.83. The van der Waals surface area contributed by atoms with E-state index in [9.17, 15) is 4.39 Å². The van der Waals surface area contributed by atoms with Crippen molar-refractivity contribution in [3.05, 3.63) is 75.4 Å². The monoisotopic (exact) mass is 500 g/mol. The molecule has 1 spiro atoms. The fourth-order valence-electron chi connectivity index (χ4n) is 4.42. The molecule has 34 heavy (non-hydrogen) atoms. The average molecular weight is 501 g/mol. The number of hydrogen-bond donors (Lipinski definition) is 3. The fourth-order valence-corrected chi connectivity index (χ4v) is 5.07. The van der Waals surface area contributed by atoms with Gasteiger partial charge in [0.25, 0.3) is 0 Å². The van der Waals surface area contributed by atoms with Crippen LogP contribution in [0.1, 0.15) is 29.7 Å². The summed E-state index contributed by atoms with van der Waals surface area (Å²) in [7, 11) is 0. The summed E-state index contributed by atoms with van der Waals surface area (Å²) in [6.07, 6.45) is 2.23. The highest BCUT2D eigenvalue weighted by Crippen LogP contribution is 2.37. The number of anilines is 2. The molecule has 2 fully saturated rings. The molecule has 0 saturated carbocycles. The number of nitrogen functional groups attached to an aromatic ring is 1. The number of aromatic nitrogens is 2. The predicted octanol–water partition coefficient (Wildman–Crippen LogP) is 4.47. The van der Waals surface area contributed by atoms with E-state index in [-0.39, 0.29) is 15.8 Å². The fraction of sp³-hybridized carbons (Fsp3) is 0.292. The topological polar surface area (TPSA) is 100 Å². The molecule has 7 nitrogen and oxygen atoms in total. The molecule has 2 aliphatic rings. The number of hydrogen-bond acceptors (Lipinski definition) is 7. The van der Waals surface area contributed by atoms with Gasteiger partial charge in [-0.2, -0.15) is 4.39 Å². The summed E-state index contributed by atoms with van der Waals surface area (Å²) in [5.74, 6) is 0.534. The van der Waals surface area contributed by atoms with Crippen LogP contribution >= 0.6 is 23.2 Å². The molecular weight excluding hydrogens is 478 g/mol. The molecular formula is C24H23Cl2FN6O. The Morgan fingerprint density at radius 3 is 2.62 bits per heavy atom. The van der Waals surface area contributed by atoms with E-state index in [1.165, 1.54) is 6.20 Å². The van der Waals surface area contributed by atoms with Crippen molar-refractivity contribution in [1.82, 2.24) is 15.3 Å². The standard InChI is InChI=1S/C24H23Cl2FN6O/c1-13(20-17(25)8-32-23(27)21(20)26)34-15-3-4-18(28)16(6-15)22(29)14-2-5-19(31-7-14)33-11-24(12-33)9-30-10-24/h2-8,13,29-30H,9-12,28H2,1H3. The highest BCUT2D eigenvalue weighted by Gasteiger charge is 2.47. The summed E-state index contributed by atoms with van der Waals surface area (Å²) < 4.78 is 19.8. The zero-order valence-electron chi connectivity index (χ0n) is 18.4. The molecule has 1 unspecified atom stereocenters. The molecule has 0 radical (unpaired) electrons. The summed E-state index contributed by atoms with van der Waals surface area (Å²) in [4.78, 5) is 10.3. The van der Waals surface area contributed by atoms with Crippen molar-refractivity contribution in [3.63, 3.8) is 0 Å². The third-order valence-corrected chi connectivity index (χ3v) is 7.05. The Labute approximate surface area is 206 Å². The first-order valence-electron chi connectivity index (χ1n) is 10.8. The van der Waals surface area contributed by atoms with Gasteiger partial charge in [0.15, 0.2) is 0 Å². The number of pyridine rings is 2. The van der Waals surface area contributed by atoms with Crippen molar-refractivity contribution in [2.24, 2.45) is 5.41 Å². The van der Waals surface area contributed by atoms with E-state index in [1.807, 2.05) is 12.1 Å². The number of halogens is 3. The quantitative estimate of drug-likeness (QED) is 0.262. The van der Waals surface area contributed by atoms with Gasteiger partial charge in [0, 0.05) is 66.4 Å². The zero-order valence-corrected chi connectivity index (χ0v) is 19.9. The molecule has 1 atom stereocenters. The maximum atomic E-state index is 13.8. The molecule has 3 aromatic rings. The summed E-state index contributed by atoms with van der Waals surface area (Å²) in [6.45, 7) is 5.84. The highest BCUT2D eigenvalue weighted by atomic mass is 35.5. The molecule has 4 N–H and O–H groups in total. The van der Waals surface area contributed by atoms with Gasteiger partial charge in [-0.3, -0.25) is 5.41 Å². The van der Waals surface area contributed by atoms with E-state index < -0.39 is 12.1 Å². The van der Waals surface area contributed by atoms with Gasteiger partial charge in [-0.1, -0.05) is 23.2 Å². The second kappa shape index (κ2) is 8.69. The molecule has 2 aromatic heterocycles. The lowest BCUT2D eigenvalue weighted by molar-refractivity contribution is 0.120. The Kier molecular flexibility index (Phi) is 5.83. The van der Waals surface area contributed by atoms with Gasteiger partial charge in [-0.15, -0.1) is 0 Å². The first kappa shape index (κ1) is 22.8. The Bertz CT molecular complexity index is 1260. The third kappa shape index (κ3) is 4.06. The lowest BCUT2D eigenvalue weighted by Crippen LogP contribution is -2.71. The van der Waals surface area contributed by atoms with Crippen LogP contribution in [0.25, 0.3) is 0 Å². The van der Waals surface area contributed by atoms with E-state index in [2.05, 4.69) is 20.2 Å². The van der Waals surface area contributed by atoms with Crippen molar-refractivity contribution in [2.45, 2.75) is 13.0 Å². The van der Waals surface area contributed by atoms with Crippen LogP contribution in [-0.2, 0) is 0 Å². The molecule has 0 amide bonds. The molecule has 4 heterocycles. The molecule has 2 saturated heterocycles. The van der Waals surface area contributed by atoms with E-state index >= 15 is 0 Å². The van der Waals surface area contributed by atoms with Crippen molar-refractivity contribution >= 4 is 40.4 Å². The Hall–Kier alpha value is -2.94. The summed E-state index contributed by atoms with van der Waals surface area (Å²) in [5, 5.41) is 12.0. The minimum atomic E-state index is -0.815. The Morgan fingerprint density at radius 1 is 1.21 bits per heavy atom. The van der Waals surface area contributed by atoms with Gasteiger partial charge in [-0.25, -0.2) is 9.97 Å². The van der Waals surface area contributed by atoms with Crippen LogP contribution in [0.5, 0.6) is 5.75 Å². The maximum Gasteiger partial charge on any atom is 0.232 e. The molecule has 5 rings (SSSR count). The van der Waals surface area contributed by atoms with E-state index in [0.717, 1.165) is 32.0 Å². The van der Waals surface area contributed by atoms with E-state index in [4.69, 9.17) is 39.1 Å². The molecule has 1 aromatic carbocycles. The van der Waals surface area contributed by atoms with Gasteiger partial charge in [-0.05, 0) is 37.3 Å². The van der Waals surface area contributed by atoms with E-state index in [0.29, 0.717) is 33.5 Å². The van der Waals surface area contributed by atoms with Crippen LogP contribution in [0.3, 0.4) is 0 Å². The van der Waals surface area contributed by atoms with Gasteiger partial charge < -0.3 is 20.7 Å². The number of rotatable bonds is 6. The van der Waals surface area contributed by atoms with Crippen LogP contribution in [0.4, 0.5) is 15.9 Å². The smallest absolute Gasteiger partial charge is 0.232 e. The van der Waals surface area contributed by atoms with E-state index in [1.54, 1.807) is 31.3 Å². The van der Waals surface area contributed by atoms with Crippen LogP contribution in [0.2, 0.25) is 10.0 Å². The van der Waals surface area contributed by atoms with Crippen LogP contribution in [0, 0.1) is 16.8 Å². The molecule has 2 aliphatic heterocycles. The van der Waals surface area contributed by atoms with Gasteiger partial charge in [0.2, 0.25) is 5.95 Å². The summed E-state index contributed by atoms with van der Waals surface area (Å²) >= 11 is 12.2. The van der Waals surface area contributed by atoms with Crippen molar-refractivity contribution in [2.75, 3.05) is 36.8 Å². The normalized spacial score (nSPS) is 17.1. The van der Waals surface area contributed by atoms with Crippen LogP contribution in [0.15, 0.2) is 42.7 Å². The third-order valence-electron chi connectivity index (χ3n) is 6.39. The zero-order chi connectivity index (χ0) is 24.0. The predicted molar refractivity (Wildman–Crippen MR) is 132 cm³/mol. The number of nitrogens with zero attached hydrogens (tertiary/aromatic N) is 3. The number of nitrogens with two attached hydrogens (primary N) is 1. The van der Waals surface area contributed by atoms with Crippen LogP contribution < -0.4 is 20.7 Å². The second-order valence-corrected chi connectivity index (χ2v) is 9.66. The first-order chi connectivity index (χ1) is 16.3. The maximum absolute atomic E-state index is 13.8. The Morgan fingerprint density at radius 2 is 1.97 bits per heavy atom. The number of ether oxygens (including phenoxy) is 1. The molecule has 176 valence electrons. The lowest BCUT2D eigenvalue weighted by atomic mass is 9.74. The minimum Gasteiger partial charge on any atom is -0.486 e. The molecule has 10 heteroatoms. The molecule has 0 bridgehead atoms. The number of benzene rings is 1. The SMILES string of the molecule is CC(Oc1ccc(N)c(C(=N)c2ccc(N3CC4(CNC4)C3)nc2)c1)c1c(Cl)cnc(F)c1Cl. The van der Waals surface area contributed by atoms with Gasteiger partial charge in [0.1, 0.15) is 22.7 Å². The second-order valence-electron chi connectivity index (χ2n) is 8.87. The minimum absolute atomic E-state index is 0.184. The first-order valence-corrected chi connectivity index (χ1v) is 11.6. The van der Waals surface area contributed by atoms with Gasteiger partial charge in [0.05, 0.1) is 10.7 Å². The van der Waals surface area contributed by atoms with Crippen molar-refractivity contribution in [1.29, 1.82) is 5.41 Å². The van der Waals surface area contributed by atoms with Crippen molar-refractivity contribution in [3.8, 4) is 5.75 Å². The summed E-state index contributed by atoms with van der Waals surface area (Å²) in [5.41, 5.74) is 8.68. The average Bonchev–Trinajstić information content (AvgIpc) is 2.76. The Balaban J connectivity index is 1.32. The number of nitrogens with one attached hydrogen (secondary N) is 2. The van der Waals surface area contributed by atoms with Crippen LogP contribution in [-0.4, -0.2) is 41.9 Å². The van der Waals surface area contributed by atoms with Gasteiger partial charge >= 0.3 is 0 Å². The van der Waals surface area contributed by atoms with Crippen molar-refractivity contribution < 1.29 is 9.13 Å².